The van der Waals surface area contributed by atoms with Crippen LogP contribution in [0.2, 0.25) is 5.02 Å². The maximum atomic E-state index is 13.6. The van der Waals surface area contributed by atoms with Gasteiger partial charge in [0.05, 0.1) is 0 Å². The molecule has 1 atom stereocenters. The number of benzene rings is 1. The topological polar surface area (TPSA) is 46.0 Å². The van der Waals surface area contributed by atoms with Gasteiger partial charge in [-0.05, 0) is 24.6 Å². The van der Waals surface area contributed by atoms with E-state index in [1.165, 1.54) is 12.1 Å². The normalized spacial score (nSPS) is 12.4. The molecular weight excluding hydrogens is 255 g/mol. The van der Waals surface area contributed by atoms with Crippen LogP contribution < -0.4 is 0 Å². The Kier molecular flexibility index (Phi) is 3.89. The Morgan fingerprint density at radius 1 is 1.33 bits per heavy atom. The van der Waals surface area contributed by atoms with E-state index < -0.39 is 11.9 Å². The lowest BCUT2D eigenvalue weighted by Crippen LogP contribution is -2.08. The zero-order valence-electron chi connectivity index (χ0n) is 9.77. The zero-order chi connectivity index (χ0) is 13.1. The molecule has 0 saturated heterocycles. The molecule has 0 fully saturated rings. The van der Waals surface area contributed by atoms with Crippen LogP contribution in [-0.4, -0.2) is 15.1 Å². The third-order valence-electron chi connectivity index (χ3n) is 2.56. The van der Waals surface area contributed by atoms with Crippen molar-refractivity contribution in [1.82, 2.24) is 9.97 Å². The summed E-state index contributed by atoms with van der Waals surface area (Å²) < 4.78 is 13.6. The maximum absolute atomic E-state index is 13.6. The van der Waals surface area contributed by atoms with Gasteiger partial charge in [0, 0.05) is 29.4 Å². The number of aliphatic hydroxyl groups excluding tert-OH is 1. The minimum absolute atomic E-state index is 0.0502. The molecule has 94 valence electrons. The second-order valence-electron chi connectivity index (χ2n) is 4.04. The Hall–Kier alpha value is -1.52. The molecule has 0 aliphatic heterocycles. The number of aliphatic hydroxyl groups is 1. The number of hydrogen-bond acceptors (Lipinski definition) is 3. The molecule has 5 heteroatoms. The Morgan fingerprint density at radius 3 is 2.61 bits per heavy atom. The van der Waals surface area contributed by atoms with E-state index in [1.807, 2.05) is 6.92 Å². The van der Waals surface area contributed by atoms with Crippen LogP contribution in [-0.2, 0) is 6.42 Å². The van der Waals surface area contributed by atoms with Gasteiger partial charge in [0.15, 0.2) is 5.82 Å². The van der Waals surface area contributed by atoms with Crippen LogP contribution >= 0.6 is 11.6 Å². The quantitative estimate of drug-likeness (QED) is 0.929. The Morgan fingerprint density at radius 2 is 2.00 bits per heavy atom. The number of rotatable bonds is 3. The van der Waals surface area contributed by atoms with Crippen molar-refractivity contribution >= 4 is 11.6 Å². The molecule has 2 aromatic rings. The summed E-state index contributed by atoms with van der Waals surface area (Å²) in [4.78, 5) is 8.01. The summed E-state index contributed by atoms with van der Waals surface area (Å²) in [5.41, 5.74) is 1.17. The third-order valence-corrected chi connectivity index (χ3v) is 2.91. The van der Waals surface area contributed by atoms with Crippen molar-refractivity contribution in [2.75, 3.05) is 0 Å². The Bertz CT molecular complexity index is 525. The first kappa shape index (κ1) is 12.9. The van der Waals surface area contributed by atoms with Crippen molar-refractivity contribution in [2.45, 2.75) is 19.4 Å². The van der Waals surface area contributed by atoms with Crippen LogP contribution in [0.4, 0.5) is 4.39 Å². The minimum atomic E-state index is -0.972. The largest absolute Gasteiger partial charge is 0.385 e. The molecule has 0 aliphatic rings. The van der Waals surface area contributed by atoms with E-state index in [0.29, 0.717) is 5.02 Å². The summed E-state index contributed by atoms with van der Waals surface area (Å²) in [5, 5.41) is 10.3. The first-order valence-corrected chi connectivity index (χ1v) is 5.85. The molecule has 1 N–H and O–H groups in total. The molecule has 0 saturated carbocycles. The monoisotopic (exact) mass is 266 g/mol. The summed E-state index contributed by atoms with van der Waals surface area (Å²) in [6, 6.07) is 4.42. The molecule has 0 aliphatic carbocycles. The van der Waals surface area contributed by atoms with Gasteiger partial charge in [-0.2, -0.15) is 0 Å². The van der Waals surface area contributed by atoms with E-state index in [2.05, 4.69) is 9.97 Å². The Labute approximate surface area is 109 Å². The van der Waals surface area contributed by atoms with Gasteiger partial charge < -0.3 is 5.11 Å². The molecule has 0 radical (unpaired) electrons. The summed E-state index contributed by atoms with van der Waals surface area (Å²) in [6.07, 6.45) is 2.29. The molecule has 0 amide bonds. The fourth-order valence-corrected chi connectivity index (χ4v) is 1.83. The van der Waals surface area contributed by atoms with E-state index in [0.717, 1.165) is 5.56 Å². The van der Waals surface area contributed by atoms with Gasteiger partial charge in [0.25, 0.3) is 0 Å². The molecule has 1 unspecified atom stereocenters. The first-order valence-electron chi connectivity index (χ1n) is 5.47. The Balaban J connectivity index is 2.21. The van der Waals surface area contributed by atoms with Crippen LogP contribution in [0.15, 0.2) is 30.6 Å². The molecular formula is C13H12ClFN2O. The van der Waals surface area contributed by atoms with Gasteiger partial charge >= 0.3 is 0 Å². The number of halogens is 2. The predicted molar refractivity (Wildman–Crippen MR) is 66.8 cm³/mol. The van der Waals surface area contributed by atoms with Crippen molar-refractivity contribution in [1.29, 1.82) is 0 Å². The van der Waals surface area contributed by atoms with Gasteiger partial charge in [-0.25, -0.2) is 14.4 Å². The number of nitrogens with zero attached hydrogens (tertiary/aromatic N) is 2. The van der Waals surface area contributed by atoms with Crippen LogP contribution in [0.25, 0.3) is 0 Å². The molecule has 1 heterocycles. The summed E-state index contributed by atoms with van der Waals surface area (Å²) in [5.74, 6) is -0.173. The highest BCUT2D eigenvalue weighted by Gasteiger charge is 2.16. The number of aromatic nitrogens is 2. The fraction of sp³-hybridized carbons (Fsp3) is 0.231. The molecule has 0 spiro atoms. The molecule has 2 rings (SSSR count). The molecule has 1 aromatic heterocycles. The fourth-order valence-electron chi connectivity index (χ4n) is 1.59. The van der Waals surface area contributed by atoms with E-state index in [4.69, 9.17) is 11.6 Å². The lowest BCUT2D eigenvalue weighted by atomic mass is 10.1. The van der Waals surface area contributed by atoms with E-state index >= 15 is 0 Å². The number of aryl methyl sites for hydroxylation is 1. The predicted octanol–water partition coefficient (Wildman–Crippen LogP) is 2.85. The third kappa shape index (κ3) is 2.83. The lowest BCUT2D eigenvalue weighted by Gasteiger charge is -2.11. The van der Waals surface area contributed by atoms with Gasteiger partial charge in [0.1, 0.15) is 11.9 Å². The zero-order valence-corrected chi connectivity index (χ0v) is 10.5. The highest BCUT2D eigenvalue weighted by molar-refractivity contribution is 6.31. The second-order valence-corrected chi connectivity index (χ2v) is 4.45. The van der Waals surface area contributed by atoms with Crippen LogP contribution in [0.5, 0.6) is 0 Å². The average Bonchev–Trinajstić information content (AvgIpc) is 2.34. The average molecular weight is 267 g/mol. The van der Waals surface area contributed by atoms with Gasteiger partial charge in [-0.3, -0.25) is 0 Å². The highest BCUT2D eigenvalue weighted by Crippen LogP contribution is 2.24. The van der Waals surface area contributed by atoms with Crippen LogP contribution in [0.3, 0.4) is 0 Å². The standard InChI is InChI=1S/C13H12ClFN2O/c1-8-6-16-13(17-7-8)12(18)5-9-10(14)3-2-4-11(9)15/h2-4,6-7,12,18H,5H2,1H3. The van der Waals surface area contributed by atoms with Crippen LogP contribution in [0.1, 0.15) is 23.1 Å². The lowest BCUT2D eigenvalue weighted by molar-refractivity contribution is 0.167. The maximum Gasteiger partial charge on any atom is 0.157 e. The van der Waals surface area contributed by atoms with Crippen LogP contribution in [0, 0.1) is 12.7 Å². The van der Waals surface area contributed by atoms with Crippen molar-refractivity contribution in [3.63, 3.8) is 0 Å². The molecule has 1 aromatic carbocycles. The number of hydrogen-bond donors (Lipinski definition) is 1. The smallest absolute Gasteiger partial charge is 0.157 e. The van der Waals surface area contributed by atoms with Crippen molar-refractivity contribution in [2.24, 2.45) is 0 Å². The second kappa shape index (κ2) is 5.42. The summed E-state index contributed by atoms with van der Waals surface area (Å²) >= 11 is 5.89. The van der Waals surface area contributed by atoms with Crippen molar-refractivity contribution < 1.29 is 9.50 Å². The molecule has 3 nitrogen and oxygen atoms in total. The summed E-state index contributed by atoms with van der Waals surface area (Å²) in [7, 11) is 0. The minimum Gasteiger partial charge on any atom is -0.385 e. The highest BCUT2D eigenvalue weighted by atomic mass is 35.5. The molecule has 0 bridgehead atoms. The van der Waals surface area contributed by atoms with Gasteiger partial charge in [-0.15, -0.1) is 0 Å². The van der Waals surface area contributed by atoms with Gasteiger partial charge in [-0.1, -0.05) is 17.7 Å². The SMILES string of the molecule is Cc1cnc(C(O)Cc2c(F)cccc2Cl)nc1. The van der Waals surface area contributed by atoms with E-state index in [9.17, 15) is 9.50 Å². The molecule has 18 heavy (non-hydrogen) atoms. The van der Waals surface area contributed by atoms with Gasteiger partial charge in [0.2, 0.25) is 0 Å². The van der Waals surface area contributed by atoms with Crippen molar-refractivity contribution in [3.8, 4) is 0 Å². The van der Waals surface area contributed by atoms with E-state index in [-0.39, 0.29) is 17.8 Å². The van der Waals surface area contributed by atoms with E-state index in [1.54, 1.807) is 18.5 Å². The first-order chi connectivity index (χ1) is 8.58. The summed E-state index contributed by atoms with van der Waals surface area (Å²) in [6.45, 7) is 1.85. The van der Waals surface area contributed by atoms with Crippen molar-refractivity contribution in [3.05, 3.63) is 58.4 Å².